The van der Waals surface area contributed by atoms with E-state index >= 15 is 0 Å². The monoisotopic (exact) mass is 320 g/mol. The minimum absolute atomic E-state index is 0.0459. The summed E-state index contributed by atoms with van der Waals surface area (Å²) in [6.07, 6.45) is 0.717. The van der Waals surface area contributed by atoms with Crippen LogP contribution in [0.1, 0.15) is 25.0 Å². The van der Waals surface area contributed by atoms with Gasteiger partial charge in [-0.25, -0.2) is 4.79 Å². The molecule has 1 aromatic rings. The Morgan fingerprint density at radius 2 is 1.83 bits per heavy atom. The van der Waals surface area contributed by atoms with Gasteiger partial charge in [0.15, 0.2) is 0 Å². The summed E-state index contributed by atoms with van der Waals surface area (Å²) >= 11 is 0. The van der Waals surface area contributed by atoms with Gasteiger partial charge in [-0.1, -0.05) is 34.6 Å². The normalized spacial score (nSPS) is 12.8. The molecule has 0 saturated carbocycles. The van der Waals surface area contributed by atoms with Crippen LogP contribution in [0.4, 0.5) is 0 Å². The lowest BCUT2D eigenvalue weighted by Gasteiger charge is -2.10. The zero-order valence-electron chi connectivity index (χ0n) is 13.6. The summed E-state index contributed by atoms with van der Waals surface area (Å²) in [5.74, 6) is -0.636. The first-order valence-electron chi connectivity index (χ1n) is 6.80. The van der Waals surface area contributed by atoms with E-state index in [1.807, 2.05) is 0 Å². The van der Waals surface area contributed by atoms with Gasteiger partial charge in [0, 0.05) is 5.56 Å². The molecule has 0 atom stereocenters. The quantitative estimate of drug-likeness (QED) is 0.274. The van der Waals surface area contributed by atoms with Crippen LogP contribution in [0.25, 0.3) is 5.57 Å². The lowest BCUT2D eigenvalue weighted by Crippen LogP contribution is -2.08. The van der Waals surface area contributed by atoms with Crippen molar-refractivity contribution in [3.05, 3.63) is 41.7 Å². The Hall–Kier alpha value is -2.83. The summed E-state index contributed by atoms with van der Waals surface area (Å²) < 4.78 is 4.65. The van der Waals surface area contributed by atoms with E-state index in [1.54, 1.807) is 38.1 Å². The Bertz CT molecular complexity index is 635. The third kappa shape index (κ3) is 5.14. The van der Waals surface area contributed by atoms with E-state index in [1.165, 1.54) is 14.2 Å². The fraction of sp³-hybridized carbons (Fsp3) is 0.312. The van der Waals surface area contributed by atoms with Crippen molar-refractivity contribution in [3.8, 4) is 0 Å². The Kier molecular flexibility index (Phi) is 7.32. The standard InChI is InChI=1S/C16H20N2O5/c1-11(17-22-4)12(2)18-23-10-13-7-5-6-8-14(13)15(9-19)16(20)21-3/h5-9,19H,10H2,1-4H3/b15-9-,17-11-,18-12-. The molecule has 1 N–H and O–H groups in total. The smallest absolute Gasteiger partial charge is 0.341 e. The minimum Gasteiger partial charge on any atom is -0.515 e. The number of aliphatic hydroxyl groups is 1. The van der Waals surface area contributed by atoms with Crippen molar-refractivity contribution in [3.63, 3.8) is 0 Å². The number of benzene rings is 1. The van der Waals surface area contributed by atoms with Gasteiger partial charge >= 0.3 is 5.97 Å². The van der Waals surface area contributed by atoms with Crippen LogP contribution in [0.3, 0.4) is 0 Å². The molecule has 124 valence electrons. The molecule has 0 fully saturated rings. The Morgan fingerprint density at radius 1 is 1.17 bits per heavy atom. The second kappa shape index (κ2) is 9.24. The van der Waals surface area contributed by atoms with Gasteiger partial charge in [0.2, 0.25) is 0 Å². The molecule has 1 aromatic carbocycles. The van der Waals surface area contributed by atoms with E-state index in [-0.39, 0.29) is 12.2 Å². The number of hydrogen-bond donors (Lipinski definition) is 1. The molecule has 0 aromatic heterocycles. The second-order valence-electron chi connectivity index (χ2n) is 4.50. The molecule has 0 radical (unpaired) electrons. The Morgan fingerprint density at radius 3 is 2.43 bits per heavy atom. The first-order chi connectivity index (χ1) is 11.0. The van der Waals surface area contributed by atoms with Crippen LogP contribution in [-0.2, 0) is 25.8 Å². The summed E-state index contributed by atoms with van der Waals surface area (Å²) in [4.78, 5) is 21.6. The van der Waals surface area contributed by atoms with Crippen LogP contribution >= 0.6 is 0 Å². The van der Waals surface area contributed by atoms with Crippen LogP contribution in [-0.4, -0.2) is 36.7 Å². The van der Waals surface area contributed by atoms with Crippen molar-refractivity contribution < 1.29 is 24.3 Å². The molecule has 0 aliphatic carbocycles. The van der Waals surface area contributed by atoms with Gasteiger partial charge in [0.25, 0.3) is 0 Å². The molecule has 0 spiro atoms. The number of carbonyl (C=O) groups is 1. The van der Waals surface area contributed by atoms with E-state index in [9.17, 15) is 9.90 Å². The maximum absolute atomic E-state index is 11.7. The predicted molar refractivity (Wildman–Crippen MR) is 87.1 cm³/mol. The number of esters is 1. The van der Waals surface area contributed by atoms with Gasteiger partial charge in [-0.3, -0.25) is 0 Å². The van der Waals surface area contributed by atoms with Crippen molar-refractivity contribution in [2.24, 2.45) is 10.3 Å². The molecular formula is C16H20N2O5. The molecule has 0 heterocycles. The first kappa shape index (κ1) is 18.2. The summed E-state index contributed by atoms with van der Waals surface area (Å²) in [5, 5.41) is 17.0. The number of ether oxygens (including phenoxy) is 1. The Balaban J connectivity index is 2.93. The molecule has 0 bridgehead atoms. The van der Waals surface area contributed by atoms with Crippen LogP contribution in [0.5, 0.6) is 0 Å². The Labute approximate surface area is 134 Å². The maximum Gasteiger partial charge on any atom is 0.341 e. The highest BCUT2D eigenvalue weighted by Gasteiger charge is 2.16. The molecule has 7 nitrogen and oxygen atoms in total. The van der Waals surface area contributed by atoms with Crippen molar-refractivity contribution in [1.82, 2.24) is 0 Å². The highest BCUT2D eigenvalue weighted by molar-refractivity contribution is 6.40. The van der Waals surface area contributed by atoms with E-state index in [4.69, 9.17) is 4.84 Å². The summed E-state index contributed by atoms with van der Waals surface area (Å²) in [7, 11) is 2.69. The molecule has 7 heteroatoms. The van der Waals surface area contributed by atoms with Crippen LogP contribution in [0.15, 0.2) is 40.8 Å². The summed E-state index contributed by atoms with van der Waals surface area (Å²) in [5.41, 5.74) is 2.39. The third-order valence-corrected chi connectivity index (χ3v) is 3.02. The largest absolute Gasteiger partial charge is 0.515 e. The van der Waals surface area contributed by atoms with E-state index in [0.29, 0.717) is 28.8 Å². The van der Waals surface area contributed by atoms with Gasteiger partial charge in [0.05, 0.1) is 13.4 Å². The molecular weight excluding hydrogens is 300 g/mol. The molecule has 0 amide bonds. The van der Waals surface area contributed by atoms with E-state index < -0.39 is 5.97 Å². The second-order valence-corrected chi connectivity index (χ2v) is 4.50. The number of rotatable bonds is 7. The fourth-order valence-electron chi connectivity index (χ4n) is 1.72. The number of oxime groups is 2. The number of carbonyl (C=O) groups excluding carboxylic acids is 1. The molecule has 0 aliphatic rings. The van der Waals surface area contributed by atoms with Crippen molar-refractivity contribution >= 4 is 23.0 Å². The summed E-state index contributed by atoms with van der Waals surface area (Å²) in [6, 6.07) is 6.99. The molecule has 0 aliphatic heterocycles. The molecule has 1 rings (SSSR count). The van der Waals surface area contributed by atoms with Gasteiger partial charge in [0.1, 0.15) is 30.7 Å². The number of methoxy groups -OCH3 is 1. The van der Waals surface area contributed by atoms with Crippen LogP contribution < -0.4 is 0 Å². The lowest BCUT2D eigenvalue weighted by atomic mass is 10.0. The minimum atomic E-state index is -0.636. The first-order valence-corrected chi connectivity index (χ1v) is 6.80. The predicted octanol–water partition coefficient (Wildman–Crippen LogP) is 2.67. The van der Waals surface area contributed by atoms with Crippen molar-refractivity contribution in [2.75, 3.05) is 14.2 Å². The van der Waals surface area contributed by atoms with Gasteiger partial charge in [-0.05, 0) is 19.4 Å². The highest BCUT2D eigenvalue weighted by atomic mass is 16.6. The lowest BCUT2D eigenvalue weighted by molar-refractivity contribution is -0.133. The SMILES string of the molecule is CO/N=C(C)\C(C)=N/OCc1ccccc1/C(=C/O)C(=O)OC. The average Bonchev–Trinajstić information content (AvgIpc) is 2.56. The topological polar surface area (TPSA) is 89.7 Å². The zero-order valence-corrected chi connectivity index (χ0v) is 13.6. The maximum atomic E-state index is 11.7. The number of aliphatic hydroxyl groups excluding tert-OH is 1. The highest BCUT2D eigenvalue weighted by Crippen LogP contribution is 2.21. The summed E-state index contributed by atoms with van der Waals surface area (Å²) in [6.45, 7) is 3.59. The van der Waals surface area contributed by atoms with Crippen molar-refractivity contribution in [2.45, 2.75) is 20.5 Å². The third-order valence-electron chi connectivity index (χ3n) is 3.02. The van der Waals surface area contributed by atoms with Gasteiger partial charge < -0.3 is 19.5 Å². The van der Waals surface area contributed by atoms with E-state index in [0.717, 1.165) is 0 Å². The van der Waals surface area contributed by atoms with E-state index in [2.05, 4.69) is 19.9 Å². The molecule has 0 saturated heterocycles. The van der Waals surface area contributed by atoms with Crippen LogP contribution in [0, 0.1) is 0 Å². The number of hydrogen-bond acceptors (Lipinski definition) is 7. The van der Waals surface area contributed by atoms with Gasteiger partial charge in [-0.15, -0.1) is 0 Å². The van der Waals surface area contributed by atoms with Gasteiger partial charge in [-0.2, -0.15) is 0 Å². The molecule has 0 unspecified atom stereocenters. The average molecular weight is 320 g/mol. The number of nitrogens with zero attached hydrogens (tertiary/aromatic N) is 2. The molecule has 23 heavy (non-hydrogen) atoms. The van der Waals surface area contributed by atoms with Crippen LogP contribution in [0.2, 0.25) is 0 Å². The fourth-order valence-corrected chi connectivity index (χ4v) is 1.72. The zero-order chi connectivity index (χ0) is 17.2. The van der Waals surface area contributed by atoms with Crippen molar-refractivity contribution in [1.29, 1.82) is 0 Å².